The van der Waals surface area contributed by atoms with Gasteiger partial charge in [0.2, 0.25) is 0 Å². The summed E-state index contributed by atoms with van der Waals surface area (Å²) in [7, 11) is 0. The summed E-state index contributed by atoms with van der Waals surface area (Å²) in [5, 5.41) is 9.51. The highest BCUT2D eigenvalue weighted by Crippen LogP contribution is 2.16. The Balaban J connectivity index is 1.85. The quantitative estimate of drug-likeness (QED) is 0.383. The number of ether oxygens (including phenoxy) is 2. The van der Waals surface area contributed by atoms with Crippen LogP contribution < -0.4 is 0 Å². The minimum Gasteiger partial charge on any atom is -0.462 e. The molecule has 0 aromatic carbocycles. The maximum absolute atomic E-state index is 11.6. The second-order valence-corrected chi connectivity index (χ2v) is 6.77. The number of rotatable bonds is 14. The van der Waals surface area contributed by atoms with Gasteiger partial charge in [-0.05, 0) is 6.42 Å². The number of carbonyl (C=O) groups excluding carboxylic acids is 2. The van der Waals surface area contributed by atoms with Gasteiger partial charge >= 0.3 is 11.9 Å². The third-order valence-electron chi connectivity index (χ3n) is 4.48. The lowest BCUT2D eigenvalue weighted by Gasteiger charge is -2.13. The molecule has 1 aliphatic heterocycles. The van der Waals surface area contributed by atoms with Crippen molar-refractivity contribution in [2.45, 2.75) is 103 Å². The van der Waals surface area contributed by atoms with E-state index in [0.29, 0.717) is 6.42 Å². The van der Waals surface area contributed by atoms with Crippen molar-refractivity contribution in [1.29, 1.82) is 0 Å². The van der Waals surface area contributed by atoms with E-state index in [1.165, 1.54) is 57.8 Å². The first kappa shape index (κ1) is 20.9. The minimum absolute atomic E-state index is 0.0131. The Morgan fingerprint density at radius 2 is 1.58 bits per heavy atom. The van der Waals surface area contributed by atoms with Gasteiger partial charge in [-0.25, -0.2) is 0 Å². The van der Waals surface area contributed by atoms with Crippen molar-refractivity contribution in [3.05, 3.63) is 0 Å². The van der Waals surface area contributed by atoms with Crippen LogP contribution in [0.3, 0.4) is 0 Å². The molecule has 2 atom stereocenters. The lowest BCUT2D eigenvalue weighted by atomic mass is 10.1. The van der Waals surface area contributed by atoms with E-state index in [-0.39, 0.29) is 19.0 Å². The predicted octanol–water partition coefficient (Wildman–Crippen LogP) is 3.91. The molecule has 5 heteroatoms. The molecule has 24 heavy (non-hydrogen) atoms. The van der Waals surface area contributed by atoms with Gasteiger partial charge in [0, 0.05) is 6.42 Å². The van der Waals surface area contributed by atoms with Gasteiger partial charge in [0.15, 0.2) is 6.10 Å². The van der Waals surface area contributed by atoms with E-state index in [1.54, 1.807) is 0 Å². The molecule has 140 valence electrons. The zero-order valence-corrected chi connectivity index (χ0v) is 15.1. The minimum atomic E-state index is -0.854. The first-order valence-corrected chi connectivity index (χ1v) is 9.66. The van der Waals surface area contributed by atoms with Gasteiger partial charge in [0.25, 0.3) is 0 Å². The smallest absolute Gasteiger partial charge is 0.309 e. The van der Waals surface area contributed by atoms with E-state index >= 15 is 0 Å². The predicted molar refractivity (Wildman–Crippen MR) is 92.5 cm³/mol. The molecule has 1 N–H and O–H groups in total. The zero-order chi connectivity index (χ0) is 17.6. The van der Waals surface area contributed by atoms with E-state index in [9.17, 15) is 14.7 Å². The zero-order valence-electron chi connectivity index (χ0n) is 15.1. The van der Waals surface area contributed by atoms with Crippen LogP contribution in [0.25, 0.3) is 0 Å². The van der Waals surface area contributed by atoms with Gasteiger partial charge in [-0.3, -0.25) is 9.59 Å². The lowest BCUT2D eigenvalue weighted by molar-refractivity contribution is -0.154. The third kappa shape index (κ3) is 9.91. The number of aliphatic hydroxyl groups is 1. The van der Waals surface area contributed by atoms with Crippen molar-refractivity contribution < 1.29 is 24.2 Å². The van der Waals surface area contributed by atoms with Crippen molar-refractivity contribution >= 4 is 11.9 Å². The second kappa shape index (κ2) is 13.2. The molecule has 0 radical (unpaired) electrons. The van der Waals surface area contributed by atoms with Crippen LogP contribution >= 0.6 is 0 Å². The van der Waals surface area contributed by atoms with Crippen molar-refractivity contribution in [2.24, 2.45) is 0 Å². The van der Waals surface area contributed by atoms with Gasteiger partial charge < -0.3 is 14.6 Å². The topological polar surface area (TPSA) is 72.8 Å². The molecule has 0 aliphatic carbocycles. The molecule has 0 bridgehead atoms. The fourth-order valence-electron chi connectivity index (χ4n) is 2.92. The highest BCUT2D eigenvalue weighted by Gasteiger charge is 2.34. The molecule has 1 fully saturated rings. The van der Waals surface area contributed by atoms with Crippen molar-refractivity contribution in [3.8, 4) is 0 Å². The first-order valence-electron chi connectivity index (χ1n) is 9.66. The van der Waals surface area contributed by atoms with Crippen LogP contribution in [-0.2, 0) is 19.1 Å². The fourth-order valence-corrected chi connectivity index (χ4v) is 2.92. The number of aliphatic hydroxyl groups excluding tert-OH is 1. The molecule has 1 aliphatic rings. The van der Waals surface area contributed by atoms with Crippen molar-refractivity contribution in [3.63, 3.8) is 0 Å². The Bertz CT molecular complexity index is 356. The largest absolute Gasteiger partial charge is 0.462 e. The number of esters is 2. The van der Waals surface area contributed by atoms with Crippen LogP contribution in [0.15, 0.2) is 0 Å². The van der Waals surface area contributed by atoms with Crippen LogP contribution in [0.2, 0.25) is 0 Å². The van der Waals surface area contributed by atoms with Crippen LogP contribution in [0.1, 0.15) is 90.4 Å². The molecular weight excluding hydrogens is 308 g/mol. The average Bonchev–Trinajstić information content (AvgIpc) is 2.88. The summed E-state index contributed by atoms with van der Waals surface area (Å²) < 4.78 is 9.93. The van der Waals surface area contributed by atoms with Gasteiger partial charge in [0.1, 0.15) is 12.7 Å². The van der Waals surface area contributed by atoms with E-state index in [4.69, 9.17) is 9.47 Å². The van der Waals surface area contributed by atoms with Gasteiger partial charge in [-0.15, -0.1) is 0 Å². The maximum Gasteiger partial charge on any atom is 0.309 e. The summed E-state index contributed by atoms with van der Waals surface area (Å²) in [6.45, 7) is 2.20. The summed E-state index contributed by atoms with van der Waals surface area (Å²) in [4.78, 5) is 22.6. The summed E-state index contributed by atoms with van der Waals surface area (Å²) >= 11 is 0. The Morgan fingerprint density at radius 3 is 2.08 bits per heavy atom. The monoisotopic (exact) mass is 342 g/mol. The molecule has 0 unspecified atom stereocenters. The maximum atomic E-state index is 11.6. The number of hydrogen-bond acceptors (Lipinski definition) is 5. The molecule has 1 rings (SSSR count). The summed E-state index contributed by atoms with van der Waals surface area (Å²) in [5.41, 5.74) is 0. The van der Waals surface area contributed by atoms with Crippen LogP contribution in [0.5, 0.6) is 0 Å². The SMILES string of the molecule is CCCCCCCCCCCCCC(=O)OC[C@H]1OC(=O)C[C@@H]1O. The molecule has 1 heterocycles. The fraction of sp³-hybridized carbons (Fsp3) is 0.895. The van der Waals surface area contributed by atoms with E-state index in [2.05, 4.69) is 6.92 Å². The second-order valence-electron chi connectivity index (χ2n) is 6.77. The highest BCUT2D eigenvalue weighted by atomic mass is 16.6. The summed E-state index contributed by atoms with van der Waals surface area (Å²) in [6.07, 6.45) is 12.5. The summed E-state index contributed by atoms with van der Waals surface area (Å²) in [6, 6.07) is 0. The van der Waals surface area contributed by atoms with Gasteiger partial charge in [-0.2, -0.15) is 0 Å². The molecule has 0 spiro atoms. The van der Waals surface area contributed by atoms with Crippen molar-refractivity contribution in [1.82, 2.24) is 0 Å². The van der Waals surface area contributed by atoms with E-state index in [1.807, 2.05) is 0 Å². The molecule has 0 amide bonds. The average molecular weight is 342 g/mol. The molecule has 0 aromatic heterocycles. The molecule has 1 saturated heterocycles. The van der Waals surface area contributed by atoms with E-state index in [0.717, 1.165) is 12.8 Å². The molecule has 0 saturated carbocycles. The number of carbonyl (C=O) groups is 2. The lowest BCUT2D eigenvalue weighted by Crippen LogP contribution is -2.27. The standard InChI is InChI=1S/C19H34O5/c1-2-3-4-5-6-7-8-9-10-11-12-13-18(21)23-15-17-16(20)14-19(22)24-17/h16-17,20H,2-15H2,1H3/t16-,17+/m0/s1. The first-order chi connectivity index (χ1) is 11.6. The molecular formula is C19H34O5. The number of unbranched alkanes of at least 4 members (excludes halogenated alkanes) is 10. The Hall–Kier alpha value is -1.10. The third-order valence-corrected chi connectivity index (χ3v) is 4.48. The van der Waals surface area contributed by atoms with Crippen molar-refractivity contribution in [2.75, 3.05) is 6.61 Å². The number of hydrogen-bond donors (Lipinski definition) is 1. The van der Waals surface area contributed by atoms with Crippen LogP contribution in [-0.4, -0.2) is 35.9 Å². The van der Waals surface area contributed by atoms with E-state index < -0.39 is 18.2 Å². The Kier molecular flexibility index (Phi) is 11.5. The molecule has 0 aromatic rings. The van der Waals surface area contributed by atoms with Crippen LogP contribution in [0.4, 0.5) is 0 Å². The molecule has 5 nitrogen and oxygen atoms in total. The normalized spacial score (nSPS) is 20.2. The Morgan fingerprint density at radius 1 is 1.04 bits per heavy atom. The van der Waals surface area contributed by atoms with Gasteiger partial charge in [-0.1, -0.05) is 71.1 Å². The highest BCUT2D eigenvalue weighted by molar-refractivity contribution is 5.73. The van der Waals surface area contributed by atoms with Gasteiger partial charge in [0.05, 0.1) is 6.42 Å². The summed E-state index contributed by atoms with van der Waals surface area (Å²) in [5.74, 6) is -0.713. The number of cyclic esters (lactones) is 1. The van der Waals surface area contributed by atoms with Crippen LogP contribution in [0, 0.1) is 0 Å². The Labute approximate surface area is 146 Å².